The maximum Gasteiger partial charge on any atom is 0.261 e. The maximum absolute atomic E-state index is 11.1. The lowest BCUT2D eigenvalue weighted by molar-refractivity contribution is 0.0960. The predicted molar refractivity (Wildman–Crippen MR) is 51.1 cm³/mol. The Morgan fingerprint density at radius 1 is 1.08 bits per heavy atom. The van der Waals surface area contributed by atoms with Crippen molar-refractivity contribution in [2.45, 2.75) is 0 Å². The van der Waals surface area contributed by atoms with Crippen LogP contribution in [0.4, 0.5) is 0 Å². The number of hydrogen-bond acceptors (Lipinski definition) is 3. The Labute approximate surface area is 80.0 Å². The van der Waals surface area contributed by atoms with Crippen LogP contribution >= 0.6 is 11.3 Å². The summed E-state index contributed by atoms with van der Waals surface area (Å²) in [6.07, 6.45) is 0. The van der Waals surface area contributed by atoms with Gasteiger partial charge in [-0.3, -0.25) is 9.59 Å². The molecule has 70 valence electrons. The van der Waals surface area contributed by atoms with E-state index in [0.717, 1.165) is 0 Å². The minimum atomic E-state index is -0.167. The van der Waals surface area contributed by atoms with Crippen molar-refractivity contribution in [3.8, 4) is 0 Å². The molecule has 0 aromatic carbocycles. The van der Waals surface area contributed by atoms with Gasteiger partial charge in [-0.15, -0.1) is 11.3 Å². The molecule has 0 unspecified atom stereocenters. The van der Waals surface area contributed by atoms with Gasteiger partial charge in [-0.2, -0.15) is 0 Å². The van der Waals surface area contributed by atoms with E-state index in [4.69, 9.17) is 0 Å². The lowest BCUT2D eigenvalue weighted by atomic mass is 10.4. The molecule has 13 heavy (non-hydrogen) atoms. The molecule has 0 fully saturated rings. The van der Waals surface area contributed by atoms with Crippen LogP contribution in [0.1, 0.15) is 19.3 Å². The molecule has 0 radical (unpaired) electrons. The SMILES string of the molecule is CNC(=O)c1ccc(C(=O)NC)s1. The zero-order chi connectivity index (χ0) is 9.84. The zero-order valence-electron chi connectivity index (χ0n) is 7.38. The van der Waals surface area contributed by atoms with E-state index in [1.807, 2.05) is 0 Å². The maximum atomic E-state index is 11.1. The fraction of sp³-hybridized carbons (Fsp3) is 0.250. The third-order valence-corrected chi connectivity index (χ3v) is 2.59. The molecule has 0 aliphatic carbocycles. The minimum absolute atomic E-state index is 0.167. The van der Waals surface area contributed by atoms with Gasteiger partial charge >= 0.3 is 0 Å². The molecule has 0 atom stereocenters. The Bertz CT molecular complexity index is 302. The van der Waals surface area contributed by atoms with E-state index in [-0.39, 0.29) is 11.8 Å². The number of nitrogens with one attached hydrogen (secondary N) is 2. The summed E-state index contributed by atoms with van der Waals surface area (Å²) in [6, 6.07) is 3.27. The van der Waals surface area contributed by atoms with Gasteiger partial charge in [0, 0.05) is 14.1 Å². The number of rotatable bonds is 2. The first-order chi connectivity index (χ1) is 6.19. The molecule has 0 bridgehead atoms. The van der Waals surface area contributed by atoms with E-state index in [1.165, 1.54) is 11.3 Å². The molecule has 2 N–H and O–H groups in total. The summed E-state index contributed by atoms with van der Waals surface area (Å²) in [5, 5.41) is 4.98. The summed E-state index contributed by atoms with van der Waals surface area (Å²) in [7, 11) is 3.11. The van der Waals surface area contributed by atoms with E-state index < -0.39 is 0 Å². The Kier molecular flexibility index (Phi) is 3.02. The van der Waals surface area contributed by atoms with Crippen molar-refractivity contribution in [3.63, 3.8) is 0 Å². The molecule has 0 saturated heterocycles. The van der Waals surface area contributed by atoms with Crippen molar-refractivity contribution >= 4 is 23.2 Å². The average Bonchev–Trinajstić information content (AvgIpc) is 2.64. The molecule has 1 rings (SSSR count). The monoisotopic (exact) mass is 198 g/mol. The van der Waals surface area contributed by atoms with Gasteiger partial charge in [0.15, 0.2) is 0 Å². The summed E-state index contributed by atoms with van der Waals surface area (Å²) in [5.74, 6) is -0.333. The number of thiophene rings is 1. The highest BCUT2D eigenvalue weighted by atomic mass is 32.1. The van der Waals surface area contributed by atoms with Gasteiger partial charge in [-0.1, -0.05) is 0 Å². The fourth-order valence-corrected chi connectivity index (χ4v) is 1.73. The largest absolute Gasteiger partial charge is 0.354 e. The Morgan fingerprint density at radius 2 is 1.46 bits per heavy atom. The lowest BCUT2D eigenvalue weighted by Crippen LogP contribution is -2.17. The number of carbonyl (C=O) groups is 2. The Hall–Kier alpha value is -1.36. The van der Waals surface area contributed by atoms with Crippen LogP contribution in [0.2, 0.25) is 0 Å². The number of carbonyl (C=O) groups excluding carboxylic acids is 2. The second kappa shape index (κ2) is 4.04. The van der Waals surface area contributed by atoms with Crippen molar-refractivity contribution in [1.29, 1.82) is 0 Å². The summed E-state index contributed by atoms with van der Waals surface area (Å²) in [5.41, 5.74) is 0. The molecule has 1 aromatic heterocycles. The highest BCUT2D eigenvalue weighted by Gasteiger charge is 2.10. The van der Waals surface area contributed by atoms with Gasteiger partial charge in [0.1, 0.15) is 0 Å². The molecule has 5 heteroatoms. The molecule has 2 amide bonds. The summed E-state index contributed by atoms with van der Waals surface area (Å²) >= 11 is 1.17. The zero-order valence-corrected chi connectivity index (χ0v) is 8.20. The normalized spacial score (nSPS) is 9.38. The van der Waals surface area contributed by atoms with Crippen molar-refractivity contribution in [2.75, 3.05) is 14.1 Å². The van der Waals surface area contributed by atoms with Gasteiger partial charge in [0.2, 0.25) is 0 Å². The molecular formula is C8H10N2O2S. The molecule has 0 saturated carbocycles. The predicted octanol–water partition coefficient (Wildman–Crippen LogP) is 0.467. The second-order valence-corrected chi connectivity index (χ2v) is 3.41. The van der Waals surface area contributed by atoms with Gasteiger partial charge in [-0.25, -0.2) is 0 Å². The Balaban J connectivity index is 2.86. The lowest BCUT2D eigenvalue weighted by Gasteiger charge is -1.93. The number of amides is 2. The van der Waals surface area contributed by atoms with Crippen LogP contribution in [-0.4, -0.2) is 25.9 Å². The third kappa shape index (κ3) is 2.06. The molecule has 1 heterocycles. The number of hydrogen-bond donors (Lipinski definition) is 2. The Morgan fingerprint density at radius 3 is 1.77 bits per heavy atom. The van der Waals surface area contributed by atoms with Crippen LogP contribution in [-0.2, 0) is 0 Å². The summed E-state index contributed by atoms with van der Waals surface area (Å²) in [4.78, 5) is 23.3. The molecule has 4 nitrogen and oxygen atoms in total. The van der Waals surface area contributed by atoms with Crippen LogP contribution in [0, 0.1) is 0 Å². The van der Waals surface area contributed by atoms with E-state index >= 15 is 0 Å². The fourth-order valence-electron chi connectivity index (χ4n) is 0.828. The first kappa shape index (κ1) is 9.73. The average molecular weight is 198 g/mol. The van der Waals surface area contributed by atoms with E-state index in [9.17, 15) is 9.59 Å². The topological polar surface area (TPSA) is 58.2 Å². The molecule has 0 aliphatic rings. The first-order valence-corrected chi connectivity index (χ1v) is 4.54. The van der Waals surface area contributed by atoms with Crippen molar-refractivity contribution in [3.05, 3.63) is 21.9 Å². The van der Waals surface area contributed by atoms with Crippen LogP contribution in [0.3, 0.4) is 0 Å². The summed E-state index contributed by atoms with van der Waals surface area (Å²) in [6.45, 7) is 0. The van der Waals surface area contributed by atoms with Crippen LogP contribution < -0.4 is 10.6 Å². The van der Waals surface area contributed by atoms with Gasteiger partial charge < -0.3 is 10.6 Å². The van der Waals surface area contributed by atoms with E-state index in [0.29, 0.717) is 9.75 Å². The molecular weight excluding hydrogens is 188 g/mol. The van der Waals surface area contributed by atoms with Gasteiger partial charge in [-0.05, 0) is 12.1 Å². The van der Waals surface area contributed by atoms with E-state index in [1.54, 1.807) is 26.2 Å². The minimum Gasteiger partial charge on any atom is -0.354 e. The molecule has 0 aliphatic heterocycles. The highest BCUT2D eigenvalue weighted by molar-refractivity contribution is 7.15. The van der Waals surface area contributed by atoms with Crippen molar-refractivity contribution in [1.82, 2.24) is 10.6 Å². The van der Waals surface area contributed by atoms with Gasteiger partial charge in [0.25, 0.3) is 11.8 Å². The van der Waals surface area contributed by atoms with Crippen LogP contribution in [0.25, 0.3) is 0 Å². The van der Waals surface area contributed by atoms with Crippen LogP contribution in [0.5, 0.6) is 0 Å². The van der Waals surface area contributed by atoms with Crippen molar-refractivity contribution in [2.24, 2.45) is 0 Å². The smallest absolute Gasteiger partial charge is 0.261 e. The highest BCUT2D eigenvalue weighted by Crippen LogP contribution is 2.15. The van der Waals surface area contributed by atoms with E-state index in [2.05, 4.69) is 10.6 Å². The second-order valence-electron chi connectivity index (χ2n) is 2.32. The quantitative estimate of drug-likeness (QED) is 0.725. The summed E-state index contributed by atoms with van der Waals surface area (Å²) < 4.78 is 0. The standard InChI is InChI=1S/C8H10N2O2S/c1-9-7(11)5-3-4-6(13-5)8(12)10-2/h3-4H,1-2H3,(H,9,11)(H,10,12). The third-order valence-electron chi connectivity index (χ3n) is 1.51. The molecule has 0 spiro atoms. The van der Waals surface area contributed by atoms with Gasteiger partial charge in [0.05, 0.1) is 9.75 Å². The van der Waals surface area contributed by atoms with Crippen molar-refractivity contribution < 1.29 is 9.59 Å². The first-order valence-electron chi connectivity index (χ1n) is 3.73. The van der Waals surface area contributed by atoms with Crippen LogP contribution in [0.15, 0.2) is 12.1 Å². The molecule has 1 aromatic rings.